The molecule has 0 aromatic heterocycles. The summed E-state index contributed by atoms with van der Waals surface area (Å²) in [5.41, 5.74) is -1.82. The first kappa shape index (κ1) is 39.9. The van der Waals surface area contributed by atoms with Crippen molar-refractivity contribution in [3.05, 3.63) is 47.8 Å². The van der Waals surface area contributed by atoms with Gasteiger partial charge in [0.1, 0.15) is 47.3 Å². The van der Waals surface area contributed by atoms with E-state index < -0.39 is 123 Å². The molecule has 3 unspecified atom stereocenters. The normalized spacial score (nSPS) is 27.9. The van der Waals surface area contributed by atoms with E-state index in [-0.39, 0.29) is 38.9 Å². The third-order valence-corrected chi connectivity index (χ3v) is 12.9. The Morgan fingerprint density at radius 3 is 2.44 bits per heavy atom. The zero-order valence-electron chi connectivity index (χ0n) is 31.7. The molecule has 6 amide bonds. The molecule has 308 valence electrons. The van der Waals surface area contributed by atoms with E-state index in [0.717, 1.165) is 4.90 Å². The fourth-order valence-electron chi connectivity index (χ4n) is 7.89. The summed E-state index contributed by atoms with van der Waals surface area (Å²) >= 11 is 0. The van der Waals surface area contributed by atoms with Gasteiger partial charge in [0.05, 0.1) is 31.3 Å². The minimum atomic E-state index is -4.01. The van der Waals surface area contributed by atoms with Crippen molar-refractivity contribution in [2.45, 2.75) is 119 Å². The molecular formula is C37H45FN6O12S. The van der Waals surface area contributed by atoms with Gasteiger partial charge in [-0.05, 0) is 51.7 Å². The van der Waals surface area contributed by atoms with Crippen molar-refractivity contribution < 1.29 is 60.6 Å². The molecule has 18 nitrogen and oxygen atoms in total. The number of sulfonamides is 1. The molecule has 5 fully saturated rings. The van der Waals surface area contributed by atoms with Crippen molar-refractivity contribution in [2.75, 3.05) is 13.1 Å². The van der Waals surface area contributed by atoms with Crippen molar-refractivity contribution >= 4 is 51.8 Å². The highest BCUT2D eigenvalue weighted by molar-refractivity contribution is 7.91. The number of esters is 1. The van der Waals surface area contributed by atoms with Crippen LogP contribution in [-0.2, 0) is 61.3 Å². The molecule has 1 aromatic carbocycles. The summed E-state index contributed by atoms with van der Waals surface area (Å²) < 4.78 is 58.3. The van der Waals surface area contributed by atoms with Crippen LogP contribution < -0.4 is 15.4 Å². The lowest BCUT2D eigenvalue weighted by molar-refractivity contribution is -0.157. The topological polar surface area (TPSA) is 227 Å². The van der Waals surface area contributed by atoms with Gasteiger partial charge in [0.2, 0.25) is 27.7 Å². The number of rotatable bonds is 11. The lowest BCUT2D eigenvalue weighted by Gasteiger charge is -2.32. The van der Waals surface area contributed by atoms with Crippen molar-refractivity contribution in [3.63, 3.8) is 0 Å². The van der Waals surface area contributed by atoms with Gasteiger partial charge in [-0.15, -0.1) is 6.58 Å². The summed E-state index contributed by atoms with van der Waals surface area (Å²) in [6.07, 6.45) is -2.05. The van der Waals surface area contributed by atoms with E-state index in [1.54, 1.807) is 26.8 Å². The van der Waals surface area contributed by atoms with Gasteiger partial charge in [-0.2, -0.15) is 0 Å². The van der Waals surface area contributed by atoms with Crippen LogP contribution in [0.25, 0.3) is 0 Å². The Morgan fingerprint density at radius 2 is 1.82 bits per heavy atom. The molecule has 2 saturated carbocycles. The Bertz CT molecular complexity index is 2040. The van der Waals surface area contributed by atoms with E-state index in [1.165, 1.54) is 28.0 Å². The van der Waals surface area contributed by atoms with Crippen LogP contribution in [0.4, 0.5) is 14.0 Å². The average molecular weight is 817 g/mol. The van der Waals surface area contributed by atoms with Gasteiger partial charge < -0.3 is 34.6 Å². The molecular weight excluding hydrogens is 772 g/mol. The number of carbonyl (C=O) groups is 7. The van der Waals surface area contributed by atoms with E-state index >= 15 is 0 Å². The van der Waals surface area contributed by atoms with Crippen LogP contribution in [0.15, 0.2) is 30.9 Å². The predicted molar refractivity (Wildman–Crippen MR) is 193 cm³/mol. The van der Waals surface area contributed by atoms with Gasteiger partial charge in [0.15, 0.2) is 0 Å². The number of benzene rings is 1. The third kappa shape index (κ3) is 8.13. The molecule has 4 heterocycles. The number of hydrogen-bond acceptors (Lipinski definition) is 12. The number of carbonyl (C=O) groups excluding carboxylic acids is 7. The maximum absolute atomic E-state index is 14.6. The van der Waals surface area contributed by atoms with Gasteiger partial charge in [-0.3, -0.25) is 28.8 Å². The Morgan fingerprint density at radius 1 is 1.09 bits per heavy atom. The molecule has 0 radical (unpaired) electrons. The number of fused-ring (bicyclic) bond motifs is 3. The maximum atomic E-state index is 14.6. The monoisotopic (exact) mass is 816 g/mol. The first-order valence-electron chi connectivity index (χ1n) is 18.8. The van der Waals surface area contributed by atoms with Crippen LogP contribution in [-0.4, -0.2) is 125 Å². The molecule has 6 aliphatic rings. The number of likely N-dealkylation sites (tertiary alicyclic amines) is 2. The average Bonchev–Trinajstić information content (AvgIpc) is 3.88. The smallest absolute Gasteiger partial charge is 0.410 e. The molecule has 20 heteroatoms. The fourth-order valence-corrected chi connectivity index (χ4v) is 9.25. The summed E-state index contributed by atoms with van der Waals surface area (Å²) in [7, 11) is -4.01. The summed E-state index contributed by atoms with van der Waals surface area (Å²) in [6.45, 7) is 8.11. The van der Waals surface area contributed by atoms with Gasteiger partial charge in [-0.1, -0.05) is 18.2 Å². The van der Waals surface area contributed by atoms with Crippen molar-refractivity contribution in [1.29, 1.82) is 0 Å². The van der Waals surface area contributed by atoms with E-state index in [4.69, 9.17) is 14.2 Å². The van der Waals surface area contributed by atoms with Crippen molar-refractivity contribution in [1.82, 2.24) is 30.1 Å². The second-order valence-corrected chi connectivity index (χ2v) is 18.4. The first-order valence-corrected chi connectivity index (χ1v) is 20.4. The number of amides is 6. The molecule has 57 heavy (non-hydrogen) atoms. The van der Waals surface area contributed by atoms with E-state index in [2.05, 4.69) is 21.9 Å². The third-order valence-electron chi connectivity index (χ3n) is 11.1. The molecule has 7 rings (SSSR count). The fraction of sp³-hybridized carbons (Fsp3) is 0.595. The minimum absolute atomic E-state index is 0.0111. The van der Waals surface area contributed by atoms with Crippen LogP contribution in [0, 0.1) is 11.7 Å². The summed E-state index contributed by atoms with van der Waals surface area (Å²) in [5.74, 6) is -5.21. The summed E-state index contributed by atoms with van der Waals surface area (Å²) in [6, 6.07) is 0.495. The second-order valence-electron chi connectivity index (χ2n) is 16.4. The Labute approximate surface area is 327 Å². The highest BCUT2D eigenvalue weighted by Gasteiger charge is 2.62. The number of hydrogen-bond donors (Lipinski definition) is 3. The van der Waals surface area contributed by atoms with Crippen molar-refractivity contribution in [3.8, 4) is 0 Å². The minimum Gasteiger partial charge on any atom is -0.459 e. The Kier molecular flexibility index (Phi) is 10.2. The van der Waals surface area contributed by atoms with Gasteiger partial charge in [-0.25, -0.2) is 27.2 Å². The van der Waals surface area contributed by atoms with Crippen LogP contribution in [0.3, 0.4) is 0 Å². The lowest BCUT2D eigenvalue weighted by atomic mass is 10.1. The number of nitrogens with zero attached hydrogens (tertiary/aromatic N) is 3. The summed E-state index contributed by atoms with van der Waals surface area (Å²) in [4.78, 5) is 98.3. The van der Waals surface area contributed by atoms with Crippen LogP contribution >= 0.6 is 0 Å². The molecule has 2 bridgehead atoms. The maximum Gasteiger partial charge on any atom is 0.410 e. The molecule has 7 atom stereocenters. The van der Waals surface area contributed by atoms with Gasteiger partial charge >= 0.3 is 18.2 Å². The number of halogens is 1. The Hall–Kier alpha value is -5.27. The highest BCUT2D eigenvalue weighted by Crippen LogP contribution is 2.45. The highest BCUT2D eigenvalue weighted by atomic mass is 32.2. The lowest BCUT2D eigenvalue weighted by Crippen LogP contribution is -2.59. The van der Waals surface area contributed by atoms with E-state index in [9.17, 15) is 46.4 Å². The first-order chi connectivity index (χ1) is 26.8. The van der Waals surface area contributed by atoms with E-state index in [1.807, 2.05) is 0 Å². The Balaban J connectivity index is 1.14. The SMILES string of the molecule is C=CC1C[C@]1(NC(=O)[C@@H]1CC(OC(=O)N2Cc3cccc(F)c3C2)CN1C(=O)[C@H](CC(=O)N1C[C@@H]2CC1C(=O)O2)NC(=O)OC(C)(C)C)C(=O)NS(=O)(=O)C1CC1. The number of ether oxygens (including phenoxy) is 3. The molecule has 3 N–H and O–H groups in total. The number of alkyl carbamates (subject to hydrolysis) is 1. The van der Waals surface area contributed by atoms with Gasteiger partial charge in [0, 0.05) is 30.9 Å². The standard InChI is InChI=1S/C37H45FN6O12S/c1-5-20-14-37(20,33(49)41-57(52,53)23-9-10-23)40-30(46)27-11-22(55-35(51)42-15-19-7-6-8-25(38)24(19)18-42)17-44(27)31(47)26(39-34(50)56-36(2,3)4)13-29(45)43-16-21-12-28(43)32(48)54-21/h5-8,20-23,26-28H,1,9-18H2,2-4H3,(H,39,50)(H,40,46)(H,41,49)/t20?,21-,22?,26-,27-,28?,37+/m0/s1. The van der Waals surface area contributed by atoms with Crippen LogP contribution in [0.1, 0.15) is 70.4 Å². The molecule has 4 aliphatic heterocycles. The number of nitrogens with one attached hydrogen (secondary N) is 3. The molecule has 1 aromatic rings. The zero-order valence-corrected chi connectivity index (χ0v) is 32.5. The molecule has 3 saturated heterocycles. The quantitative estimate of drug-likeness (QED) is 0.160. The van der Waals surface area contributed by atoms with E-state index in [0.29, 0.717) is 24.0 Å². The van der Waals surface area contributed by atoms with Gasteiger partial charge in [0.25, 0.3) is 5.91 Å². The summed E-state index contributed by atoms with van der Waals surface area (Å²) in [5, 5.41) is 4.33. The number of morpholine rings is 1. The second kappa shape index (κ2) is 14.6. The van der Waals surface area contributed by atoms with Crippen LogP contribution in [0.2, 0.25) is 0 Å². The largest absolute Gasteiger partial charge is 0.459 e. The van der Waals surface area contributed by atoms with Crippen LogP contribution in [0.5, 0.6) is 0 Å². The predicted octanol–water partition coefficient (Wildman–Crippen LogP) is 0.726. The molecule has 0 spiro atoms. The molecule has 2 aliphatic carbocycles. The zero-order chi connectivity index (χ0) is 41.2. The van der Waals surface area contributed by atoms with Crippen molar-refractivity contribution in [2.24, 2.45) is 5.92 Å².